The van der Waals surface area contributed by atoms with Crippen LogP contribution >= 0.6 is 11.8 Å². The van der Waals surface area contributed by atoms with E-state index in [1.165, 1.54) is 4.90 Å². The normalized spacial score (nSPS) is 12.6. The van der Waals surface area contributed by atoms with Gasteiger partial charge in [-0.25, -0.2) is 0 Å². The lowest BCUT2D eigenvalue weighted by atomic mass is 10.1. The Morgan fingerprint density at radius 1 is 1.42 bits per heavy atom. The Hall–Kier alpha value is -1.33. The highest BCUT2D eigenvalue weighted by molar-refractivity contribution is 7.98. The minimum atomic E-state index is 0.337. The van der Waals surface area contributed by atoms with E-state index in [1.807, 2.05) is 7.05 Å². The second kappa shape index (κ2) is 6.21. The van der Waals surface area contributed by atoms with Crippen LogP contribution in [0.15, 0.2) is 27.6 Å². The van der Waals surface area contributed by atoms with E-state index < -0.39 is 0 Å². The number of hydrogen-bond acceptors (Lipinski definition) is 5. The predicted molar refractivity (Wildman–Crippen MR) is 78.5 cm³/mol. The van der Waals surface area contributed by atoms with Gasteiger partial charge in [-0.15, -0.1) is 11.8 Å². The second-order valence-electron chi connectivity index (χ2n) is 4.59. The first-order chi connectivity index (χ1) is 9.13. The first kappa shape index (κ1) is 14.1. The van der Waals surface area contributed by atoms with E-state index >= 15 is 0 Å². The molecule has 2 aromatic rings. The molecule has 0 saturated heterocycles. The predicted octanol–water partition coefficient (Wildman–Crippen LogP) is 2.92. The Bertz CT molecular complexity index is 553. The number of rotatable bonds is 5. The Morgan fingerprint density at radius 3 is 2.89 bits per heavy atom. The van der Waals surface area contributed by atoms with Crippen molar-refractivity contribution in [3.63, 3.8) is 0 Å². The Kier molecular flexibility index (Phi) is 4.61. The highest BCUT2D eigenvalue weighted by Crippen LogP contribution is 2.26. The summed E-state index contributed by atoms with van der Waals surface area (Å²) in [6.07, 6.45) is 2.82. The standard InChI is InChI=1S/C14H19N3OS/c1-9-5-6-11(19-4)8-12(9)14-16-13(17-18-14)7-10(2)15-3/h5-6,8,10,15H,7H2,1-4H3. The van der Waals surface area contributed by atoms with Crippen molar-refractivity contribution in [1.82, 2.24) is 15.5 Å². The molecular formula is C14H19N3OS. The fourth-order valence-electron chi connectivity index (χ4n) is 1.78. The van der Waals surface area contributed by atoms with Gasteiger partial charge >= 0.3 is 0 Å². The number of hydrogen-bond donors (Lipinski definition) is 1. The van der Waals surface area contributed by atoms with Crippen LogP contribution in [0, 0.1) is 6.92 Å². The van der Waals surface area contributed by atoms with Crippen molar-refractivity contribution < 1.29 is 4.52 Å². The number of nitrogens with zero attached hydrogens (tertiary/aromatic N) is 2. The van der Waals surface area contributed by atoms with Gasteiger partial charge in [0.15, 0.2) is 5.82 Å². The minimum absolute atomic E-state index is 0.337. The fraction of sp³-hybridized carbons (Fsp3) is 0.429. The van der Waals surface area contributed by atoms with Crippen molar-refractivity contribution in [2.45, 2.75) is 31.2 Å². The summed E-state index contributed by atoms with van der Waals surface area (Å²) in [7, 11) is 1.93. The molecule has 2 rings (SSSR count). The van der Waals surface area contributed by atoms with Crippen LogP contribution in [0.5, 0.6) is 0 Å². The lowest BCUT2D eigenvalue weighted by Crippen LogP contribution is -2.24. The molecule has 1 aromatic heterocycles. The van der Waals surface area contributed by atoms with Gasteiger partial charge in [-0.1, -0.05) is 11.2 Å². The molecule has 0 fully saturated rings. The maximum Gasteiger partial charge on any atom is 0.258 e. The Labute approximate surface area is 118 Å². The minimum Gasteiger partial charge on any atom is -0.334 e. The van der Waals surface area contributed by atoms with E-state index in [9.17, 15) is 0 Å². The molecule has 0 radical (unpaired) electrons. The van der Waals surface area contributed by atoms with Crippen molar-refractivity contribution in [3.8, 4) is 11.5 Å². The summed E-state index contributed by atoms with van der Waals surface area (Å²) in [5.41, 5.74) is 2.16. The van der Waals surface area contributed by atoms with Crippen molar-refractivity contribution >= 4 is 11.8 Å². The fourth-order valence-corrected chi connectivity index (χ4v) is 2.22. The molecule has 0 aliphatic heterocycles. The molecule has 0 amide bonds. The van der Waals surface area contributed by atoms with Gasteiger partial charge in [0.2, 0.25) is 0 Å². The van der Waals surface area contributed by atoms with Crippen LogP contribution in [0.4, 0.5) is 0 Å². The number of thioether (sulfide) groups is 1. The first-order valence-corrected chi connectivity index (χ1v) is 7.51. The largest absolute Gasteiger partial charge is 0.334 e. The van der Waals surface area contributed by atoms with E-state index in [0.717, 1.165) is 23.4 Å². The topological polar surface area (TPSA) is 51.0 Å². The average molecular weight is 277 g/mol. The van der Waals surface area contributed by atoms with Crippen molar-refractivity contribution in [1.29, 1.82) is 0 Å². The molecule has 19 heavy (non-hydrogen) atoms. The highest BCUT2D eigenvalue weighted by atomic mass is 32.2. The summed E-state index contributed by atoms with van der Waals surface area (Å²) in [5.74, 6) is 1.34. The zero-order chi connectivity index (χ0) is 13.8. The molecular weight excluding hydrogens is 258 g/mol. The zero-order valence-electron chi connectivity index (χ0n) is 11.7. The van der Waals surface area contributed by atoms with Gasteiger partial charge in [0.05, 0.1) is 0 Å². The molecule has 1 aromatic carbocycles. The van der Waals surface area contributed by atoms with Crippen LogP contribution in [0.2, 0.25) is 0 Å². The Balaban J connectivity index is 2.27. The molecule has 0 spiro atoms. The maximum absolute atomic E-state index is 5.38. The number of aryl methyl sites for hydroxylation is 1. The van der Waals surface area contributed by atoms with Gasteiger partial charge in [0.25, 0.3) is 5.89 Å². The number of benzene rings is 1. The van der Waals surface area contributed by atoms with Gasteiger partial charge in [-0.2, -0.15) is 4.98 Å². The van der Waals surface area contributed by atoms with Gasteiger partial charge in [0, 0.05) is 22.9 Å². The SMILES string of the molecule is CNC(C)Cc1noc(-c2cc(SC)ccc2C)n1. The van der Waals surface area contributed by atoms with Crippen LogP contribution < -0.4 is 5.32 Å². The van der Waals surface area contributed by atoms with Crippen LogP contribution in [-0.4, -0.2) is 29.5 Å². The molecule has 1 atom stereocenters. The van der Waals surface area contributed by atoms with Crippen LogP contribution in [-0.2, 0) is 6.42 Å². The summed E-state index contributed by atoms with van der Waals surface area (Å²) >= 11 is 1.71. The van der Waals surface area contributed by atoms with Crippen molar-refractivity contribution in [2.75, 3.05) is 13.3 Å². The van der Waals surface area contributed by atoms with Gasteiger partial charge < -0.3 is 9.84 Å². The quantitative estimate of drug-likeness (QED) is 0.852. The first-order valence-electron chi connectivity index (χ1n) is 6.29. The summed E-state index contributed by atoms with van der Waals surface area (Å²) < 4.78 is 5.38. The smallest absolute Gasteiger partial charge is 0.258 e. The summed E-state index contributed by atoms with van der Waals surface area (Å²) in [5, 5.41) is 7.21. The third-order valence-corrected chi connectivity index (χ3v) is 3.85. The van der Waals surface area contributed by atoms with E-state index in [1.54, 1.807) is 11.8 Å². The molecule has 1 N–H and O–H groups in total. The second-order valence-corrected chi connectivity index (χ2v) is 5.47. The third-order valence-electron chi connectivity index (χ3n) is 3.12. The monoisotopic (exact) mass is 277 g/mol. The van der Waals surface area contributed by atoms with E-state index in [4.69, 9.17) is 4.52 Å². The molecule has 0 bridgehead atoms. The number of aromatic nitrogens is 2. The van der Waals surface area contributed by atoms with E-state index in [2.05, 4.69) is 53.8 Å². The van der Waals surface area contributed by atoms with Gasteiger partial charge in [-0.3, -0.25) is 0 Å². The molecule has 102 valence electrons. The van der Waals surface area contributed by atoms with Crippen molar-refractivity contribution in [3.05, 3.63) is 29.6 Å². The van der Waals surface area contributed by atoms with E-state index in [-0.39, 0.29) is 0 Å². The summed E-state index contributed by atoms with van der Waals surface area (Å²) in [6.45, 7) is 4.15. The highest BCUT2D eigenvalue weighted by Gasteiger charge is 2.13. The molecule has 0 aliphatic rings. The van der Waals surface area contributed by atoms with Gasteiger partial charge in [0.1, 0.15) is 0 Å². The van der Waals surface area contributed by atoms with Crippen LogP contribution in [0.3, 0.4) is 0 Å². The molecule has 1 unspecified atom stereocenters. The summed E-state index contributed by atoms with van der Waals surface area (Å²) in [4.78, 5) is 5.68. The Morgan fingerprint density at radius 2 is 2.21 bits per heavy atom. The lowest BCUT2D eigenvalue weighted by molar-refractivity contribution is 0.418. The molecule has 5 heteroatoms. The molecule has 4 nitrogen and oxygen atoms in total. The third kappa shape index (κ3) is 3.36. The van der Waals surface area contributed by atoms with Gasteiger partial charge in [-0.05, 0) is 44.8 Å². The summed E-state index contributed by atoms with van der Waals surface area (Å²) in [6, 6.07) is 6.62. The van der Waals surface area contributed by atoms with Crippen LogP contribution in [0.25, 0.3) is 11.5 Å². The molecule has 1 heterocycles. The average Bonchev–Trinajstić information content (AvgIpc) is 2.87. The molecule has 0 aliphatic carbocycles. The van der Waals surface area contributed by atoms with Crippen LogP contribution in [0.1, 0.15) is 18.3 Å². The van der Waals surface area contributed by atoms with E-state index in [0.29, 0.717) is 11.9 Å². The number of nitrogens with one attached hydrogen (secondary N) is 1. The molecule has 0 saturated carbocycles. The van der Waals surface area contributed by atoms with Crippen molar-refractivity contribution in [2.24, 2.45) is 0 Å². The maximum atomic E-state index is 5.38. The zero-order valence-corrected chi connectivity index (χ0v) is 12.5. The number of likely N-dealkylation sites (N-methyl/N-ethyl adjacent to an activating group) is 1. The lowest BCUT2D eigenvalue weighted by Gasteiger charge is -2.05.